The molecule has 4 nitrogen and oxygen atoms in total. The van der Waals surface area contributed by atoms with Crippen LogP contribution in [0.5, 0.6) is 0 Å². The molecule has 0 spiro atoms. The summed E-state index contributed by atoms with van der Waals surface area (Å²) in [4.78, 5) is 15.3. The molecule has 0 aliphatic carbocycles. The van der Waals surface area contributed by atoms with Crippen molar-refractivity contribution < 1.29 is 4.79 Å². The molecule has 5 heteroatoms. The third-order valence-corrected chi connectivity index (χ3v) is 2.22. The van der Waals surface area contributed by atoms with Crippen molar-refractivity contribution >= 4 is 22.4 Å². The molecule has 1 amide bonds. The van der Waals surface area contributed by atoms with Crippen LogP contribution in [0.2, 0.25) is 0 Å². The predicted octanol–water partition coefficient (Wildman–Crippen LogP) is 0.960. The van der Waals surface area contributed by atoms with E-state index in [9.17, 15) is 4.79 Å². The number of carbonyl (C=O) groups is 1. The molecular weight excluding hydrogens is 198 g/mol. The molecular formula is C9H13N3OS. The molecule has 1 aromatic heterocycles. The lowest BCUT2D eigenvalue weighted by Gasteiger charge is -2.02. The number of nitrogens with one attached hydrogen (secondary N) is 1. The monoisotopic (exact) mass is 211 g/mol. The van der Waals surface area contributed by atoms with Crippen LogP contribution >= 0.6 is 11.3 Å². The fraction of sp³-hybridized carbons (Fsp3) is 0.333. The number of aromatic nitrogens is 1. The van der Waals surface area contributed by atoms with E-state index in [1.807, 2.05) is 6.92 Å². The van der Waals surface area contributed by atoms with E-state index in [2.05, 4.69) is 16.9 Å². The highest BCUT2D eigenvalue weighted by Crippen LogP contribution is 2.11. The summed E-state index contributed by atoms with van der Waals surface area (Å²) in [6.07, 6.45) is 0.279. The van der Waals surface area contributed by atoms with Crippen molar-refractivity contribution in [3.63, 3.8) is 0 Å². The second-order valence-corrected chi connectivity index (χ2v) is 3.98. The summed E-state index contributed by atoms with van der Waals surface area (Å²) in [6, 6.07) is 0. The highest BCUT2D eigenvalue weighted by atomic mass is 32.1. The molecule has 0 aromatic carbocycles. The summed E-state index contributed by atoms with van der Waals surface area (Å²) in [6.45, 7) is 6.06. The van der Waals surface area contributed by atoms with Gasteiger partial charge in [-0.3, -0.25) is 4.79 Å². The van der Waals surface area contributed by atoms with Gasteiger partial charge in [0, 0.05) is 11.9 Å². The van der Waals surface area contributed by atoms with Gasteiger partial charge >= 0.3 is 0 Å². The van der Waals surface area contributed by atoms with Gasteiger partial charge in [0.15, 0.2) is 5.13 Å². The fourth-order valence-corrected chi connectivity index (χ4v) is 1.44. The Kier molecular flexibility index (Phi) is 3.64. The van der Waals surface area contributed by atoms with Crippen molar-refractivity contribution in [2.45, 2.75) is 13.3 Å². The van der Waals surface area contributed by atoms with Crippen LogP contribution in [0.1, 0.15) is 12.6 Å². The van der Waals surface area contributed by atoms with Crippen molar-refractivity contribution in [2.75, 3.05) is 12.3 Å². The van der Waals surface area contributed by atoms with E-state index in [4.69, 9.17) is 5.73 Å². The minimum atomic E-state index is -0.0571. The molecule has 0 aliphatic heterocycles. The zero-order chi connectivity index (χ0) is 10.6. The van der Waals surface area contributed by atoms with Crippen LogP contribution in [-0.4, -0.2) is 17.4 Å². The first-order valence-electron chi connectivity index (χ1n) is 4.19. The van der Waals surface area contributed by atoms with E-state index in [1.165, 1.54) is 11.3 Å². The Morgan fingerprint density at radius 3 is 3.00 bits per heavy atom. The summed E-state index contributed by atoms with van der Waals surface area (Å²) < 4.78 is 0. The summed E-state index contributed by atoms with van der Waals surface area (Å²) in [5.41, 5.74) is 7.08. The molecule has 0 atom stereocenters. The van der Waals surface area contributed by atoms with E-state index in [0.717, 1.165) is 5.57 Å². The van der Waals surface area contributed by atoms with Crippen LogP contribution in [0, 0.1) is 0 Å². The predicted molar refractivity (Wildman–Crippen MR) is 58.1 cm³/mol. The summed E-state index contributed by atoms with van der Waals surface area (Å²) in [7, 11) is 0. The Morgan fingerprint density at radius 1 is 1.79 bits per heavy atom. The molecule has 1 heterocycles. The molecule has 1 rings (SSSR count). The standard InChI is InChI=1S/C9H13N3OS/c1-6(2)4-11-8(13)3-7-5-14-9(10)12-7/h5H,1,3-4H2,2H3,(H2,10,12)(H,11,13). The molecule has 0 radical (unpaired) electrons. The minimum Gasteiger partial charge on any atom is -0.375 e. The number of thiazole rings is 1. The van der Waals surface area contributed by atoms with Gasteiger partial charge in [-0.25, -0.2) is 4.98 Å². The smallest absolute Gasteiger partial charge is 0.226 e. The van der Waals surface area contributed by atoms with Gasteiger partial charge < -0.3 is 11.1 Å². The highest BCUT2D eigenvalue weighted by molar-refractivity contribution is 7.13. The van der Waals surface area contributed by atoms with Gasteiger partial charge in [0.05, 0.1) is 12.1 Å². The Hall–Kier alpha value is -1.36. The zero-order valence-electron chi connectivity index (χ0n) is 8.04. The van der Waals surface area contributed by atoms with Crippen LogP contribution < -0.4 is 11.1 Å². The fourth-order valence-electron chi connectivity index (χ4n) is 0.880. The number of hydrogen-bond acceptors (Lipinski definition) is 4. The van der Waals surface area contributed by atoms with E-state index >= 15 is 0 Å². The number of rotatable bonds is 4. The Morgan fingerprint density at radius 2 is 2.50 bits per heavy atom. The molecule has 0 fully saturated rings. The number of nitrogens with two attached hydrogens (primary N) is 1. The van der Waals surface area contributed by atoms with E-state index in [1.54, 1.807) is 5.38 Å². The Bertz CT molecular complexity index is 346. The first-order valence-corrected chi connectivity index (χ1v) is 5.07. The molecule has 0 bridgehead atoms. The van der Waals surface area contributed by atoms with Gasteiger partial charge in [-0.1, -0.05) is 12.2 Å². The lowest BCUT2D eigenvalue weighted by Crippen LogP contribution is -2.26. The number of anilines is 1. The second kappa shape index (κ2) is 4.76. The maximum absolute atomic E-state index is 11.3. The molecule has 0 unspecified atom stereocenters. The molecule has 0 saturated carbocycles. The molecule has 1 aromatic rings. The lowest BCUT2D eigenvalue weighted by molar-refractivity contribution is -0.120. The summed E-state index contributed by atoms with van der Waals surface area (Å²) in [5, 5.41) is 5.01. The minimum absolute atomic E-state index is 0.0571. The molecule has 14 heavy (non-hydrogen) atoms. The molecule has 3 N–H and O–H groups in total. The molecule has 76 valence electrons. The van der Waals surface area contributed by atoms with Gasteiger partial charge in [-0.15, -0.1) is 11.3 Å². The van der Waals surface area contributed by atoms with Crippen LogP contribution in [-0.2, 0) is 11.2 Å². The van der Waals surface area contributed by atoms with E-state index in [0.29, 0.717) is 17.4 Å². The van der Waals surface area contributed by atoms with E-state index < -0.39 is 0 Å². The largest absolute Gasteiger partial charge is 0.375 e. The van der Waals surface area contributed by atoms with Crippen LogP contribution in [0.3, 0.4) is 0 Å². The third-order valence-electron chi connectivity index (χ3n) is 1.50. The number of amides is 1. The lowest BCUT2D eigenvalue weighted by atomic mass is 10.3. The van der Waals surface area contributed by atoms with Gasteiger partial charge in [0.25, 0.3) is 0 Å². The highest BCUT2D eigenvalue weighted by Gasteiger charge is 2.05. The Labute approximate surface area is 86.8 Å². The zero-order valence-corrected chi connectivity index (χ0v) is 8.86. The normalized spacial score (nSPS) is 9.79. The van der Waals surface area contributed by atoms with Crippen LogP contribution in [0.4, 0.5) is 5.13 Å². The average Bonchev–Trinajstić information content (AvgIpc) is 2.48. The van der Waals surface area contributed by atoms with Crippen molar-refractivity contribution in [2.24, 2.45) is 0 Å². The van der Waals surface area contributed by atoms with Crippen LogP contribution in [0.15, 0.2) is 17.5 Å². The number of hydrogen-bond donors (Lipinski definition) is 2. The number of carbonyl (C=O) groups excluding carboxylic acids is 1. The quantitative estimate of drug-likeness (QED) is 0.729. The molecule has 0 saturated heterocycles. The Balaban J connectivity index is 2.37. The van der Waals surface area contributed by atoms with Gasteiger partial charge in [0.2, 0.25) is 5.91 Å². The van der Waals surface area contributed by atoms with Crippen molar-refractivity contribution in [1.29, 1.82) is 0 Å². The maximum Gasteiger partial charge on any atom is 0.226 e. The SMILES string of the molecule is C=C(C)CNC(=O)Cc1csc(N)n1. The first-order chi connectivity index (χ1) is 6.58. The van der Waals surface area contributed by atoms with Crippen molar-refractivity contribution in [3.05, 3.63) is 23.2 Å². The van der Waals surface area contributed by atoms with Gasteiger partial charge in [-0.2, -0.15) is 0 Å². The molecule has 0 aliphatic rings. The number of nitrogen functional groups attached to an aromatic ring is 1. The maximum atomic E-state index is 11.3. The third kappa shape index (κ3) is 3.57. The summed E-state index contributed by atoms with van der Waals surface area (Å²) in [5.74, 6) is -0.0571. The van der Waals surface area contributed by atoms with Gasteiger partial charge in [0.1, 0.15) is 0 Å². The van der Waals surface area contributed by atoms with Crippen molar-refractivity contribution in [1.82, 2.24) is 10.3 Å². The first kappa shape index (κ1) is 10.7. The van der Waals surface area contributed by atoms with Gasteiger partial charge in [-0.05, 0) is 6.92 Å². The van der Waals surface area contributed by atoms with E-state index in [-0.39, 0.29) is 12.3 Å². The second-order valence-electron chi connectivity index (χ2n) is 3.09. The summed E-state index contributed by atoms with van der Waals surface area (Å²) >= 11 is 1.34. The number of nitrogens with zero attached hydrogens (tertiary/aromatic N) is 1. The van der Waals surface area contributed by atoms with Crippen molar-refractivity contribution in [3.8, 4) is 0 Å². The average molecular weight is 211 g/mol. The topological polar surface area (TPSA) is 68.0 Å². The van der Waals surface area contributed by atoms with Crippen LogP contribution in [0.25, 0.3) is 0 Å².